The molecule has 6 rings (SSSR count). The van der Waals surface area contributed by atoms with Crippen molar-refractivity contribution in [2.75, 3.05) is 6.54 Å². The summed E-state index contributed by atoms with van der Waals surface area (Å²) in [5.74, 6) is -1.18. The first-order valence-corrected chi connectivity index (χ1v) is 11.7. The van der Waals surface area contributed by atoms with Crippen LogP contribution in [0.25, 0.3) is 22.3 Å². The van der Waals surface area contributed by atoms with Gasteiger partial charge in [0.05, 0.1) is 34.0 Å². The Kier molecular flexibility index (Phi) is 4.54. The largest absolute Gasteiger partial charge is 0.460 e. The summed E-state index contributed by atoms with van der Waals surface area (Å²) >= 11 is 6.33. The van der Waals surface area contributed by atoms with E-state index in [4.69, 9.17) is 27.1 Å². The molecular weight excluding hydrogens is 461 g/mol. The van der Waals surface area contributed by atoms with Crippen molar-refractivity contribution in [2.24, 2.45) is 5.73 Å². The first-order chi connectivity index (χ1) is 16.4. The molecule has 4 heterocycles. The van der Waals surface area contributed by atoms with E-state index in [-0.39, 0.29) is 36.1 Å². The van der Waals surface area contributed by atoms with E-state index >= 15 is 0 Å². The van der Waals surface area contributed by atoms with Crippen molar-refractivity contribution in [3.8, 4) is 11.4 Å². The van der Waals surface area contributed by atoms with Crippen LogP contribution in [-0.4, -0.2) is 28.4 Å². The first-order valence-electron chi connectivity index (χ1n) is 11.3. The molecule has 0 bridgehead atoms. The Balaban J connectivity index is 1.71. The molecule has 34 heavy (non-hydrogen) atoms. The third kappa shape index (κ3) is 2.50. The van der Waals surface area contributed by atoms with E-state index in [9.17, 15) is 18.8 Å². The van der Waals surface area contributed by atoms with E-state index in [0.29, 0.717) is 53.7 Å². The lowest BCUT2D eigenvalue weighted by Crippen LogP contribution is -2.45. The maximum Gasteiger partial charge on any atom is 0.324 e. The molecule has 0 saturated carbocycles. The molecule has 0 amide bonds. The molecule has 2 N–H and O–H groups in total. The van der Waals surface area contributed by atoms with Gasteiger partial charge in [-0.2, -0.15) is 0 Å². The molecule has 0 unspecified atom stereocenters. The lowest BCUT2D eigenvalue weighted by Gasteiger charge is -2.31. The fraction of sp³-hybridized carbons (Fsp3) is 0.360. The molecule has 9 heteroatoms. The topological polar surface area (TPSA) is 104 Å². The van der Waals surface area contributed by atoms with E-state index < -0.39 is 17.2 Å². The second-order valence-electron chi connectivity index (χ2n) is 9.20. The molecule has 0 spiro atoms. The Morgan fingerprint density at radius 3 is 2.82 bits per heavy atom. The summed E-state index contributed by atoms with van der Waals surface area (Å²) in [7, 11) is 0. The average Bonchev–Trinajstić information content (AvgIpc) is 3.21. The number of aromatic nitrogens is 2. The number of ether oxygens (including phenoxy) is 1. The monoisotopic (exact) mass is 481 g/mol. The zero-order valence-corrected chi connectivity index (χ0v) is 19.2. The molecule has 2 aliphatic heterocycles. The van der Waals surface area contributed by atoms with Gasteiger partial charge in [0, 0.05) is 17.0 Å². The number of hydrogen-bond acceptors (Lipinski definition) is 6. The Labute approximate surface area is 198 Å². The quantitative estimate of drug-likeness (QED) is 0.274. The number of hydrogen-bond donors (Lipinski definition) is 1. The lowest BCUT2D eigenvalue weighted by molar-refractivity contribution is -0.155. The highest BCUT2D eigenvalue weighted by Crippen LogP contribution is 2.47. The Morgan fingerprint density at radius 1 is 1.32 bits per heavy atom. The summed E-state index contributed by atoms with van der Waals surface area (Å²) in [6, 6.07) is 3.03. The molecule has 1 aromatic carbocycles. The fourth-order valence-electron chi connectivity index (χ4n) is 5.92. The van der Waals surface area contributed by atoms with Crippen LogP contribution < -0.4 is 11.3 Å². The van der Waals surface area contributed by atoms with Crippen LogP contribution in [0.3, 0.4) is 0 Å². The predicted molar refractivity (Wildman–Crippen MR) is 123 cm³/mol. The third-order valence-corrected chi connectivity index (χ3v) is 8.16. The number of pyridine rings is 2. The van der Waals surface area contributed by atoms with Crippen LogP contribution in [0.4, 0.5) is 4.39 Å². The molecule has 174 valence electrons. The number of benzene rings is 1. The molecule has 0 fully saturated rings. The van der Waals surface area contributed by atoms with Crippen LogP contribution in [0.5, 0.6) is 0 Å². The van der Waals surface area contributed by atoms with Crippen molar-refractivity contribution in [3.63, 3.8) is 0 Å². The smallest absolute Gasteiger partial charge is 0.324 e. The van der Waals surface area contributed by atoms with Crippen LogP contribution in [-0.2, 0) is 39.3 Å². The van der Waals surface area contributed by atoms with Crippen LogP contribution >= 0.6 is 11.6 Å². The minimum atomic E-state index is -1.54. The van der Waals surface area contributed by atoms with Gasteiger partial charge in [0.2, 0.25) is 0 Å². The average molecular weight is 482 g/mol. The number of nitrogens with two attached hydrogens (primary N) is 1. The summed E-state index contributed by atoms with van der Waals surface area (Å²) in [5.41, 5.74) is 8.97. The molecular formula is C25H21ClFN3O4. The van der Waals surface area contributed by atoms with Crippen molar-refractivity contribution in [1.82, 2.24) is 9.55 Å². The van der Waals surface area contributed by atoms with Gasteiger partial charge >= 0.3 is 5.97 Å². The molecule has 0 saturated heterocycles. The van der Waals surface area contributed by atoms with Crippen LogP contribution in [0.2, 0.25) is 5.02 Å². The van der Waals surface area contributed by atoms with Gasteiger partial charge in [-0.25, -0.2) is 9.37 Å². The number of aldehydes is 1. The van der Waals surface area contributed by atoms with Gasteiger partial charge in [0.1, 0.15) is 24.1 Å². The van der Waals surface area contributed by atoms with Gasteiger partial charge in [-0.05, 0) is 54.5 Å². The first kappa shape index (κ1) is 21.4. The van der Waals surface area contributed by atoms with Gasteiger partial charge in [-0.15, -0.1) is 0 Å². The number of carbonyl (C=O) groups excluding carboxylic acids is 2. The number of rotatable bonds is 3. The van der Waals surface area contributed by atoms with E-state index in [2.05, 4.69) is 0 Å². The maximum atomic E-state index is 14.7. The van der Waals surface area contributed by atoms with Crippen molar-refractivity contribution < 1.29 is 18.7 Å². The van der Waals surface area contributed by atoms with Crippen molar-refractivity contribution in [2.45, 2.75) is 50.7 Å². The highest BCUT2D eigenvalue weighted by Gasteiger charge is 2.47. The summed E-state index contributed by atoms with van der Waals surface area (Å²) in [6.07, 6.45) is 2.04. The highest BCUT2D eigenvalue weighted by molar-refractivity contribution is 6.32. The number of cyclic esters (lactones) is 1. The second kappa shape index (κ2) is 7.20. The van der Waals surface area contributed by atoms with Gasteiger partial charge in [-0.1, -0.05) is 18.5 Å². The summed E-state index contributed by atoms with van der Waals surface area (Å²) in [6.45, 7) is 2.19. The van der Waals surface area contributed by atoms with Crippen molar-refractivity contribution >= 4 is 34.8 Å². The van der Waals surface area contributed by atoms with Gasteiger partial charge in [0.15, 0.2) is 0 Å². The standard InChI is InChI=1S/C25H21ClFN3O4/c1-2-25(10-31)15-5-18-22-13(8-30(18)23(32)14(15)9-34-24(25)33)19-11(7-28)3-4-12-20(19)17(29-22)6-16(27)21(12)26/h5-6,10-11H,2-4,7-9,28H2,1H3/t11-,25-/m0/s1. The zero-order chi connectivity index (χ0) is 23.9. The van der Waals surface area contributed by atoms with Crippen molar-refractivity contribution in [1.29, 1.82) is 0 Å². The number of fused-ring (bicyclic) bond motifs is 5. The number of aryl methyl sites for hydroxylation is 1. The van der Waals surface area contributed by atoms with Crippen LogP contribution in [0.1, 0.15) is 53.5 Å². The highest BCUT2D eigenvalue weighted by atomic mass is 35.5. The zero-order valence-electron chi connectivity index (χ0n) is 18.4. The fourth-order valence-corrected chi connectivity index (χ4v) is 6.16. The predicted octanol–water partition coefficient (Wildman–Crippen LogP) is 3.11. The molecule has 1 aliphatic carbocycles. The van der Waals surface area contributed by atoms with E-state index in [0.717, 1.165) is 22.1 Å². The number of carbonyl (C=O) groups is 2. The minimum absolute atomic E-state index is 0.0162. The van der Waals surface area contributed by atoms with Crippen molar-refractivity contribution in [3.05, 3.63) is 61.1 Å². The molecule has 3 aliphatic rings. The lowest BCUT2D eigenvalue weighted by atomic mass is 9.76. The Bertz CT molecular complexity index is 1510. The van der Waals surface area contributed by atoms with E-state index in [1.165, 1.54) is 6.07 Å². The Morgan fingerprint density at radius 2 is 2.12 bits per heavy atom. The SMILES string of the molecule is CC[C@@]1(C=O)C(=O)OCc2c1cc1n(c2=O)Cc2c-1nc1cc(F)c(Cl)c3c1c2[C@H](CN)CC3. The maximum absolute atomic E-state index is 14.7. The van der Waals surface area contributed by atoms with Gasteiger partial charge in [0.25, 0.3) is 5.56 Å². The number of nitrogens with zero attached hydrogens (tertiary/aromatic N) is 2. The van der Waals surface area contributed by atoms with Crippen LogP contribution in [0, 0.1) is 5.82 Å². The Hall–Kier alpha value is -3.10. The second-order valence-corrected chi connectivity index (χ2v) is 9.58. The van der Waals surface area contributed by atoms with Gasteiger partial charge < -0.3 is 19.8 Å². The molecule has 0 radical (unpaired) electrons. The third-order valence-electron chi connectivity index (χ3n) is 7.75. The molecule has 2 aromatic heterocycles. The summed E-state index contributed by atoms with van der Waals surface area (Å²) in [5, 5.41) is 0.912. The molecule has 3 aromatic rings. The normalized spacial score (nSPS) is 22.2. The van der Waals surface area contributed by atoms with Gasteiger partial charge in [-0.3, -0.25) is 9.59 Å². The number of halogens is 2. The minimum Gasteiger partial charge on any atom is -0.460 e. The number of esters is 1. The van der Waals surface area contributed by atoms with Crippen LogP contribution in [0.15, 0.2) is 16.9 Å². The van der Waals surface area contributed by atoms with E-state index in [1.807, 2.05) is 0 Å². The molecule has 7 nitrogen and oxygen atoms in total. The summed E-state index contributed by atoms with van der Waals surface area (Å²) < 4.78 is 21.5. The van der Waals surface area contributed by atoms with E-state index in [1.54, 1.807) is 17.6 Å². The molecule has 2 atom stereocenters. The summed E-state index contributed by atoms with van der Waals surface area (Å²) in [4.78, 5) is 43.1.